The average molecular weight is 501 g/mol. The summed E-state index contributed by atoms with van der Waals surface area (Å²) < 4.78 is 14.1. The normalized spacial score (nSPS) is 19.6. The Morgan fingerprint density at radius 3 is 2.20 bits per heavy atom. The van der Waals surface area contributed by atoms with Crippen molar-refractivity contribution in [1.29, 1.82) is 0 Å². The highest BCUT2D eigenvalue weighted by molar-refractivity contribution is 8.23. The Labute approximate surface area is 212 Å². The minimum absolute atomic E-state index is 0.208. The predicted octanol–water partition coefficient (Wildman–Crippen LogP) is 6.06. The van der Waals surface area contributed by atoms with Crippen LogP contribution in [-0.2, 0) is 4.79 Å². The summed E-state index contributed by atoms with van der Waals surface area (Å²) in [5, 5.41) is 0. The Balaban J connectivity index is 1.54. The average Bonchev–Trinajstić information content (AvgIpc) is 3.30. The van der Waals surface area contributed by atoms with Crippen LogP contribution in [0.3, 0.4) is 0 Å². The Morgan fingerprint density at radius 2 is 1.51 bits per heavy atom. The predicted molar refractivity (Wildman–Crippen MR) is 140 cm³/mol. The third-order valence-electron chi connectivity index (χ3n) is 6.06. The van der Waals surface area contributed by atoms with E-state index < -0.39 is 5.92 Å². The molecule has 7 heteroatoms. The Hall–Kier alpha value is -3.55. The van der Waals surface area contributed by atoms with E-state index in [1.165, 1.54) is 28.8 Å². The van der Waals surface area contributed by atoms with Crippen molar-refractivity contribution in [3.63, 3.8) is 0 Å². The van der Waals surface area contributed by atoms with Gasteiger partial charge in [0.2, 0.25) is 0 Å². The van der Waals surface area contributed by atoms with Crippen LogP contribution in [0.1, 0.15) is 33.4 Å². The van der Waals surface area contributed by atoms with Crippen LogP contribution in [0.25, 0.3) is 0 Å². The Kier molecular flexibility index (Phi) is 6.61. The summed E-state index contributed by atoms with van der Waals surface area (Å²) in [4.78, 5) is 30.3. The molecular formula is C28H21FN2O2S2. The molecule has 0 spiro atoms. The molecule has 3 aromatic carbocycles. The van der Waals surface area contributed by atoms with Gasteiger partial charge in [0, 0.05) is 35.2 Å². The van der Waals surface area contributed by atoms with Gasteiger partial charge in [-0.15, -0.1) is 0 Å². The van der Waals surface area contributed by atoms with E-state index in [9.17, 15) is 14.0 Å². The fraction of sp³-hybridized carbons (Fsp3) is 0.107. The highest BCUT2D eigenvalue weighted by Gasteiger charge is 2.39. The van der Waals surface area contributed by atoms with E-state index in [0.29, 0.717) is 21.2 Å². The largest absolute Gasteiger partial charge is 0.290 e. The molecule has 0 aromatic heterocycles. The molecule has 2 aliphatic rings. The van der Waals surface area contributed by atoms with Crippen LogP contribution in [-0.4, -0.2) is 31.7 Å². The van der Waals surface area contributed by atoms with Crippen molar-refractivity contribution < 1.29 is 14.0 Å². The van der Waals surface area contributed by atoms with E-state index >= 15 is 0 Å². The molecule has 0 saturated carbocycles. The molecule has 3 aromatic rings. The van der Waals surface area contributed by atoms with Gasteiger partial charge in [0.05, 0.1) is 6.04 Å². The zero-order chi connectivity index (χ0) is 24.4. The molecule has 0 aliphatic carbocycles. The lowest BCUT2D eigenvalue weighted by Crippen LogP contribution is -2.37. The number of carbonyl (C=O) groups is 2. The van der Waals surface area contributed by atoms with E-state index in [0.717, 1.165) is 11.1 Å². The first-order valence-electron chi connectivity index (χ1n) is 11.1. The number of nitrogens with zero attached hydrogens (tertiary/aromatic N) is 2. The van der Waals surface area contributed by atoms with Crippen molar-refractivity contribution in [2.45, 2.75) is 12.0 Å². The minimum Gasteiger partial charge on any atom is -0.290 e. The number of hydrogen-bond acceptors (Lipinski definition) is 4. The number of allylic oxidation sites excluding steroid dienone is 1. The van der Waals surface area contributed by atoms with E-state index in [4.69, 9.17) is 12.2 Å². The van der Waals surface area contributed by atoms with E-state index in [-0.39, 0.29) is 23.7 Å². The summed E-state index contributed by atoms with van der Waals surface area (Å²) >= 11 is 7.05. The van der Waals surface area contributed by atoms with Gasteiger partial charge in [0.1, 0.15) is 10.1 Å². The maximum absolute atomic E-state index is 14.1. The molecule has 174 valence electrons. The molecule has 1 fully saturated rings. The first-order chi connectivity index (χ1) is 17.0. The van der Waals surface area contributed by atoms with Crippen LogP contribution >= 0.6 is 24.0 Å². The molecule has 4 nitrogen and oxygen atoms in total. The third kappa shape index (κ3) is 4.70. The smallest absolute Gasteiger partial charge is 0.261 e. The maximum Gasteiger partial charge on any atom is 0.261 e. The number of benzene rings is 3. The third-order valence-corrected chi connectivity index (χ3v) is 7.54. The Morgan fingerprint density at radius 1 is 0.857 bits per heavy atom. The van der Waals surface area contributed by atoms with Gasteiger partial charge in [-0.3, -0.25) is 19.4 Å². The molecule has 35 heavy (non-hydrogen) atoms. The molecule has 2 atom stereocenters. The molecule has 0 N–H and O–H groups in total. The lowest BCUT2D eigenvalue weighted by molar-refractivity contribution is -0.124. The summed E-state index contributed by atoms with van der Waals surface area (Å²) in [5.41, 5.74) is 2.66. The van der Waals surface area contributed by atoms with Crippen molar-refractivity contribution in [1.82, 2.24) is 9.80 Å². The van der Waals surface area contributed by atoms with Crippen LogP contribution < -0.4 is 0 Å². The van der Waals surface area contributed by atoms with Crippen LogP contribution in [0, 0.1) is 5.82 Å². The Bertz CT molecular complexity index is 1320. The minimum atomic E-state index is -0.451. The van der Waals surface area contributed by atoms with Gasteiger partial charge in [-0.2, -0.15) is 0 Å². The monoisotopic (exact) mass is 500 g/mol. The maximum atomic E-state index is 14.1. The first-order valence-corrected chi connectivity index (χ1v) is 12.5. The van der Waals surface area contributed by atoms with Crippen molar-refractivity contribution in [2.75, 3.05) is 5.75 Å². The first kappa shape index (κ1) is 23.2. The van der Waals surface area contributed by atoms with Crippen LogP contribution in [0.5, 0.6) is 0 Å². The van der Waals surface area contributed by atoms with Crippen molar-refractivity contribution in [2.24, 2.45) is 0 Å². The number of thioether (sulfide) groups is 1. The van der Waals surface area contributed by atoms with E-state index in [1.807, 2.05) is 36.4 Å². The summed E-state index contributed by atoms with van der Waals surface area (Å²) in [5.74, 6) is -0.660. The number of thiocarbonyl (C=S) groups is 1. The molecule has 1 saturated heterocycles. The van der Waals surface area contributed by atoms with Crippen molar-refractivity contribution in [3.8, 4) is 0 Å². The van der Waals surface area contributed by atoms with Gasteiger partial charge in [-0.1, -0.05) is 90.7 Å². The molecule has 0 bridgehead atoms. The zero-order valence-electron chi connectivity index (χ0n) is 18.6. The number of hydrogen-bond donors (Lipinski definition) is 0. The van der Waals surface area contributed by atoms with Crippen LogP contribution in [0.15, 0.2) is 109 Å². The lowest BCUT2D eigenvalue weighted by Gasteiger charge is -2.30. The molecule has 0 unspecified atom stereocenters. The van der Waals surface area contributed by atoms with E-state index in [2.05, 4.69) is 0 Å². The van der Waals surface area contributed by atoms with Gasteiger partial charge < -0.3 is 0 Å². The number of halogens is 1. The number of amides is 2. The SMILES string of the molecule is O=C(c1ccccc1)N1C=C[C@@H](c2ccc(F)cc2)C(C(=O)N2C(=S)SC[C@@H]2c2ccccc2)=C1. The highest BCUT2D eigenvalue weighted by Crippen LogP contribution is 2.39. The van der Waals surface area contributed by atoms with Gasteiger partial charge in [0.15, 0.2) is 0 Å². The zero-order valence-corrected chi connectivity index (χ0v) is 20.2. The summed E-state index contributed by atoms with van der Waals surface area (Å²) in [6, 6.07) is 24.5. The van der Waals surface area contributed by atoms with E-state index in [1.54, 1.807) is 59.8 Å². The molecular weight excluding hydrogens is 479 g/mol. The molecule has 5 rings (SSSR count). The van der Waals surface area contributed by atoms with Crippen LogP contribution in [0.4, 0.5) is 4.39 Å². The lowest BCUT2D eigenvalue weighted by atomic mass is 9.88. The molecule has 2 aliphatic heterocycles. The van der Waals surface area contributed by atoms with Gasteiger partial charge in [-0.25, -0.2) is 4.39 Å². The van der Waals surface area contributed by atoms with Gasteiger partial charge in [0.25, 0.3) is 11.8 Å². The second-order valence-corrected chi connectivity index (χ2v) is 9.87. The second-order valence-electron chi connectivity index (χ2n) is 8.21. The summed E-state index contributed by atoms with van der Waals surface area (Å²) in [7, 11) is 0. The van der Waals surface area contributed by atoms with Crippen molar-refractivity contribution in [3.05, 3.63) is 131 Å². The number of rotatable bonds is 4. The van der Waals surface area contributed by atoms with Crippen molar-refractivity contribution >= 4 is 40.1 Å². The molecule has 2 heterocycles. The van der Waals surface area contributed by atoms with Gasteiger partial charge >= 0.3 is 0 Å². The fourth-order valence-corrected chi connectivity index (χ4v) is 5.67. The van der Waals surface area contributed by atoms with Crippen LogP contribution in [0.2, 0.25) is 0 Å². The quantitative estimate of drug-likeness (QED) is 0.408. The number of carbonyl (C=O) groups excluding carboxylic acids is 2. The summed E-state index contributed by atoms with van der Waals surface area (Å²) in [6.45, 7) is 0. The summed E-state index contributed by atoms with van der Waals surface area (Å²) in [6.07, 6.45) is 5.04. The topological polar surface area (TPSA) is 40.6 Å². The molecule has 0 radical (unpaired) electrons. The standard InChI is InChI=1S/C28H21FN2O2S2/c29-22-13-11-19(12-14-22)23-15-16-30(26(32)21-9-5-2-6-10-21)17-24(23)27(33)31-25(18-35-28(31)34)20-7-3-1-4-8-20/h1-17,23,25H,18H2/t23-,25+/m0/s1. The molecule has 2 amide bonds. The fourth-order valence-electron chi connectivity index (χ4n) is 4.27. The second kappa shape index (κ2) is 9.98. The highest BCUT2D eigenvalue weighted by atomic mass is 32.2. The van der Waals surface area contributed by atoms with Gasteiger partial charge in [-0.05, 0) is 35.4 Å².